The van der Waals surface area contributed by atoms with Gasteiger partial charge in [0.05, 0.1) is 0 Å². The van der Waals surface area contributed by atoms with E-state index in [1.807, 2.05) is 19.9 Å². The lowest BCUT2D eigenvalue weighted by molar-refractivity contribution is -0.123. The lowest BCUT2D eigenvalue weighted by Crippen LogP contribution is -2.59. The zero-order chi connectivity index (χ0) is 12.0. The standard InChI is InChI=1S/C15H23NO/c1-3-10(2)14(17)16-15-7-11-4-12(8-15)6-13(5-11)9-15/h3,11-13H,4-9H2,1-2H3,(H,16,17)/b10-3+. The fraction of sp³-hybridized carbons (Fsp3) is 0.800. The van der Waals surface area contributed by atoms with Crippen LogP contribution in [0.4, 0.5) is 0 Å². The van der Waals surface area contributed by atoms with Crippen molar-refractivity contribution >= 4 is 5.91 Å². The summed E-state index contributed by atoms with van der Waals surface area (Å²) in [5, 5.41) is 3.37. The molecule has 0 saturated heterocycles. The van der Waals surface area contributed by atoms with Crippen LogP contribution in [-0.2, 0) is 4.79 Å². The fourth-order valence-corrected chi connectivity index (χ4v) is 4.73. The van der Waals surface area contributed by atoms with Gasteiger partial charge in [-0.05, 0) is 70.1 Å². The van der Waals surface area contributed by atoms with Crippen molar-refractivity contribution in [3.8, 4) is 0 Å². The Morgan fingerprint density at radius 1 is 1.12 bits per heavy atom. The van der Waals surface area contributed by atoms with Gasteiger partial charge in [0, 0.05) is 11.1 Å². The Morgan fingerprint density at radius 3 is 2.00 bits per heavy atom. The van der Waals surface area contributed by atoms with E-state index in [9.17, 15) is 4.79 Å². The van der Waals surface area contributed by atoms with Crippen LogP contribution in [-0.4, -0.2) is 11.4 Å². The summed E-state index contributed by atoms with van der Waals surface area (Å²) in [4.78, 5) is 12.1. The van der Waals surface area contributed by atoms with Crippen LogP contribution in [0.15, 0.2) is 11.6 Å². The number of allylic oxidation sites excluding steroid dienone is 1. The second-order valence-corrected chi connectivity index (χ2v) is 6.62. The summed E-state index contributed by atoms with van der Waals surface area (Å²) in [7, 11) is 0. The molecule has 0 aromatic heterocycles. The lowest BCUT2D eigenvalue weighted by Gasteiger charge is -2.56. The molecule has 0 aromatic rings. The van der Waals surface area contributed by atoms with E-state index in [4.69, 9.17) is 0 Å². The summed E-state index contributed by atoms with van der Waals surface area (Å²) in [6, 6.07) is 0. The van der Waals surface area contributed by atoms with Gasteiger partial charge in [0.2, 0.25) is 5.91 Å². The van der Waals surface area contributed by atoms with Gasteiger partial charge in [-0.15, -0.1) is 0 Å². The number of carbonyl (C=O) groups is 1. The van der Waals surface area contributed by atoms with Crippen molar-refractivity contribution in [3.05, 3.63) is 11.6 Å². The van der Waals surface area contributed by atoms with Gasteiger partial charge in [-0.25, -0.2) is 0 Å². The molecule has 4 aliphatic carbocycles. The second-order valence-electron chi connectivity index (χ2n) is 6.62. The Kier molecular flexibility index (Phi) is 2.57. The van der Waals surface area contributed by atoms with Crippen LogP contribution in [0, 0.1) is 17.8 Å². The van der Waals surface area contributed by atoms with Crippen molar-refractivity contribution in [2.75, 3.05) is 0 Å². The van der Waals surface area contributed by atoms with Crippen molar-refractivity contribution in [3.63, 3.8) is 0 Å². The van der Waals surface area contributed by atoms with Crippen molar-refractivity contribution in [1.29, 1.82) is 0 Å². The fourth-order valence-electron chi connectivity index (χ4n) is 4.73. The van der Waals surface area contributed by atoms with Gasteiger partial charge in [-0.1, -0.05) is 6.08 Å². The summed E-state index contributed by atoms with van der Waals surface area (Å²) >= 11 is 0. The molecule has 94 valence electrons. The van der Waals surface area contributed by atoms with Crippen molar-refractivity contribution < 1.29 is 4.79 Å². The minimum absolute atomic E-state index is 0.162. The molecule has 0 heterocycles. The van der Waals surface area contributed by atoms with Gasteiger partial charge >= 0.3 is 0 Å². The van der Waals surface area contributed by atoms with Crippen LogP contribution < -0.4 is 5.32 Å². The highest BCUT2D eigenvalue weighted by Crippen LogP contribution is 2.55. The van der Waals surface area contributed by atoms with Gasteiger partial charge in [-0.3, -0.25) is 4.79 Å². The number of carbonyl (C=O) groups excluding carboxylic acids is 1. The van der Waals surface area contributed by atoms with Crippen LogP contribution in [0.2, 0.25) is 0 Å². The number of hydrogen-bond acceptors (Lipinski definition) is 1. The molecule has 4 rings (SSSR count). The largest absolute Gasteiger partial charge is 0.347 e. The van der Waals surface area contributed by atoms with Crippen LogP contribution in [0.3, 0.4) is 0 Å². The predicted octanol–water partition coefficient (Wildman–Crippen LogP) is 3.04. The van der Waals surface area contributed by atoms with E-state index < -0.39 is 0 Å². The van der Waals surface area contributed by atoms with E-state index in [1.54, 1.807) is 0 Å². The molecule has 2 nitrogen and oxygen atoms in total. The molecular weight excluding hydrogens is 210 g/mol. The highest BCUT2D eigenvalue weighted by molar-refractivity contribution is 5.93. The first kappa shape index (κ1) is 11.3. The van der Waals surface area contributed by atoms with Crippen LogP contribution >= 0.6 is 0 Å². The van der Waals surface area contributed by atoms with E-state index in [-0.39, 0.29) is 11.4 Å². The molecule has 4 bridgehead atoms. The Labute approximate surface area is 104 Å². The molecule has 4 aliphatic rings. The maximum absolute atomic E-state index is 12.1. The van der Waals surface area contributed by atoms with E-state index >= 15 is 0 Å². The van der Waals surface area contributed by atoms with Gasteiger partial charge in [0.1, 0.15) is 0 Å². The normalized spacial score (nSPS) is 43.9. The van der Waals surface area contributed by atoms with Crippen molar-refractivity contribution in [2.24, 2.45) is 17.8 Å². The Bertz CT molecular complexity index is 334. The molecule has 4 saturated carbocycles. The zero-order valence-electron chi connectivity index (χ0n) is 11.0. The van der Waals surface area contributed by atoms with Crippen LogP contribution in [0.25, 0.3) is 0 Å². The van der Waals surface area contributed by atoms with E-state index in [1.165, 1.54) is 38.5 Å². The Morgan fingerprint density at radius 2 is 1.59 bits per heavy atom. The number of amides is 1. The molecule has 2 heteroatoms. The first-order valence-electron chi connectivity index (χ1n) is 7.06. The smallest absolute Gasteiger partial charge is 0.247 e. The van der Waals surface area contributed by atoms with Crippen LogP contribution in [0.1, 0.15) is 52.4 Å². The third kappa shape index (κ3) is 1.92. The Hall–Kier alpha value is -0.790. The number of nitrogens with one attached hydrogen (secondary N) is 1. The second kappa shape index (κ2) is 3.86. The van der Waals surface area contributed by atoms with Gasteiger partial charge < -0.3 is 5.32 Å². The predicted molar refractivity (Wildman–Crippen MR) is 68.5 cm³/mol. The average molecular weight is 233 g/mol. The van der Waals surface area contributed by atoms with Gasteiger partial charge in [-0.2, -0.15) is 0 Å². The topological polar surface area (TPSA) is 29.1 Å². The molecule has 0 aromatic carbocycles. The van der Waals surface area contributed by atoms with Gasteiger partial charge in [0.15, 0.2) is 0 Å². The highest BCUT2D eigenvalue weighted by atomic mass is 16.1. The first-order chi connectivity index (χ1) is 8.10. The van der Waals surface area contributed by atoms with E-state index in [0.717, 1.165) is 23.3 Å². The zero-order valence-corrected chi connectivity index (χ0v) is 11.0. The lowest BCUT2D eigenvalue weighted by atomic mass is 9.53. The molecule has 0 atom stereocenters. The molecular formula is C15H23NO. The molecule has 17 heavy (non-hydrogen) atoms. The maximum atomic E-state index is 12.1. The molecule has 1 N–H and O–H groups in total. The molecule has 1 amide bonds. The highest BCUT2D eigenvalue weighted by Gasteiger charge is 2.51. The van der Waals surface area contributed by atoms with E-state index in [2.05, 4.69) is 5.32 Å². The van der Waals surface area contributed by atoms with Crippen LogP contribution in [0.5, 0.6) is 0 Å². The summed E-state index contributed by atoms with van der Waals surface area (Å²) < 4.78 is 0. The quantitative estimate of drug-likeness (QED) is 0.730. The minimum atomic E-state index is 0.162. The third-order valence-electron chi connectivity index (χ3n) is 5.21. The summed E-state index contributed by atoms with van der Waals surface area (Å²) in [5.74, 6) is 2.85. The SMILES string of the molecule is C/C=C(\C)C(=O)NC12CC3CC(CC(C3)C1)C2. The Balaban J connectivity index is 1.76. The summed E-state index contributed by atoms with van der Waals surface area (Å²) in [5.41, 5.74) is 1.02. The van der Waals surface area contributed by atoms with E-state index in [0.29, 0.717) is 0 Å². The first-order valence-corrected chi connectivity index (χ1v) is 7.06. The molecule has 4 fully saturated rings. The van der Waals surface area contributed by atoms with Crippen molar-refractivity contribution in [1.82, 2.24) is 5.32 Å². The molecule has 0 unspecified atom stereocenters. The summed E-state index contributed by atoms with van der Waals surface area (Å²) in [6.45, 7) is 3.85. The third-order valence-corrected chi connectivity index (χ3v) is 5.21. The number of rotatable bonds is 2. The molecule has 0 aliphatic heterocycles. The minimum Gasteiger partial charge on any atom is -0.347 e. The molecule has 0 radical (unpaired) electrons. The number of hydrogen-bond donors (Lipinski definition) is 1. The molecule has 0 spiro atoms. The summed E-state index contributed by atoms with van der Waals surface area (Å²) in [6.07, 6.45) is 9.91. The maximum Gasteiger partial charge on any atom is 0.247 e. The van der Waals surface area contributed by atoms with Gasteiger partial charge in [0.25, 0.3) is 0 Å². The van der Waals surface area contributed by atoms with Crippen molar-refractivity contribution in [2.45, 2.75) is 57.9 Å². The average Bonchev–Trinajstić information content (AvgIpc) is 2.25. The monoisotopic (exact) mass is 233 g/mol.